The van der Waals surface area contributed by atoms with Crippen LogP contribution in [-0.4, -0.2) is 17.0 Å². The van der Waals surface area contributed by atoms with Crippen molar-refractivity contribution in [1.29, 1.82) is 0 Å². The summed E-state index contributed by atoms with van der Waals surface area (Å²) in [6, 6.07) is 5.89. The number of thioether (sulfide) groups is 1. The smallest absolute Gasteiger partial charge is 0.0946 e. The number of rotatable bonds is 3. The highest BCUT2D eigenvalue weighted by atomic mass is 32.2. The first kappa shape index (κ1) is 9.80. The van der Waals surface area contributed by atoms with Gasteiger partial charge in [0.05, 0.1) is 15.2 Å². The highest BCUT2D eigenvalue weighted by Gasteiger charge is 2.03. The van der Waals surface area contributed by atoms with Crippen LogP contribution < -0.4 is 5.73 Å². The Morgan fingerprint density at radius 1 is 1.50 bits per heavy atom. The average molecular weight is 224 g/mol. The number of nitrogens with two attached hydrogens (primary N) is 1. The number of hydrogen-bond acceptors (Lipinski definition) is 4. The third-order valence-corrected chi connectivity index (χ3v) is 3.67. The predicted molar refractivity (Wildman–Crippen MR) is 66.1 cm³/mol. The lowest BCUT2D eigenvalue weighted by molar-refractivity contribution is 1.12. The second kappa shape index (κ2) is 4.19. The molecule has 4 heteroatoms. The number of nitrogen functional groups attached to an aromatic ring is 1. The Balaban J connectivity index is 2.32. The standard InChI is InChI=1S/C10H12N2S2/c1-13-5-4-10-12-8-3-2-7(11)6-9(8)14-10/h2-3,6H,4-5,11H2,1H3. The Kier molecular flexibility index (Phi) is 2.93. The highest BCUT2D eigenvalue weighted by Crippen LogP contribution is 2.24. The Labute approximate surface area is 91.5 Å². The zero-order chi connectivity index (χ0) is 9.97. The van der Waals surface area contributed by atoms with Gasteiger partial charge in [-0.2, -0.15) is 11.8 Å². The molecule has 0 unspecified atom stereocenters. The quantitative estimate of drug-likeness (QED) is 0.815. The molecule has 0 atom stereocenters. The van der Waals surface area contributed by atoms with Crippen molar-refractivity contribution < 1.29 is 0 Å². The molecule has 2 N–H and O–H groups in total. The minimum Gasteiger partial charge on any atom is -0.399 e. The fourth-order valence-corrected chi connectivity index (χ4v) is 2.83. The van der Waals surface area contributed by atoms with Crippen molar-refractivity contribution in [3.63, 3.8) is 0 Å². The summed E-state index contributed by atoms with van der Waals surface area (Å²) < 4.78 is 1.20. The van der Waals surface area contributed by atoms with E-state index in [1.165, 1.54) is 9.71 Å². The lowest BCUT2D eigenvalue weighted by Gasteiger charge is -1.89. The predicted octanol–water partition coefficient (Wildman–Crippen LogP) is 2.78. The third-order valence-electron chi connectivity index (χ3n) is 1.98. The maximum absolute atomic E-state index is 5.71. The van der Waals surface area contributed by atoms with E-state index in [-0.39, 0.29) is 0 Å². The zero-order valence-electron chi connectivity index (χ0n) is 7.99. The lowest BCUT2D eigenvalue weighted by atomic mass is 10.3. The number of benzene rings is 1. The number of aromatic nitrogens is 1. The van der Waals surface area contributed by atoms with Crippen LogP contribution in [0.15, 0.2) is 18.2 Å². The van der Waals surface area contributed by atoms with Crippen molar-refractivity contribution in [3.8, 4) is 0 Å². The van der Waals surface area contributed by atoms with Gasteiger partial charge in [0.15, 0.2) is 0 Å². The van der Waals surface area contributed by atoms with Gasteiger partial charge < -0.3 is 5.73 Å². The number of aryl methyl sites for hydroxylation is 1. The summed E-state index contributed by atoms with van der Waals surface area (Å²) in [6.07, 6.45) is 3.17. The molecule has 74 valence electrons. The number of anilines is 1. The van der Waals surface area contributed by atoms with Gasteiger partial charge in [-0.1, -0.05) is 0 Å². The van der Waals surface area contributed by atoms with E-state index in [2.05, 4.69) is 11.2 Å². The highest BCUT2D eigenvalue weighted by molar-refractivity contribution is 7.98. The van der Waals surface area contributed by atoms with Crippen LogP contribution >= 0.6 is 23.1 Å². The SMILES string of the molecule is CSCCc1nc2ccc(N)cc2s1. The van der Waals surface area contributed by atoms with Crippen LogP contribution in [0, 0.1) is 0 Å². The molecule has 0 aliphatic rings. The number of hydrogen-bond donors (Lipinski definition) is 1. The monoisotopic (exact) mass is 224 g/mol. The molecule has 1 aromatic heterocycles. The molecule has 0 amide bonds. The van der Waals surface area contributed by atoms with E-state index in [0.717, 1.165) is 23.4 Å². The molecule has 0 saturated carbocycles. The molecule has 1 aromatic carbocycles. The van der Waals surface area contributed by atoms with Crippen LogP contribution in [0.4, 0.5) is 5.69 Å². The first-order chi connectivity index (χ1) is 6.79. The molecule has 2 rings (SSSR count). The van der Waals surface area contributed by atoms with Crippen molar-refractivity contribution in [3.05, 3.63) is 23.2 Å². The molecule has 1 heterocycles. The summed E-state index contributed by atoms with van der Waals surface area (Å²) in [5.74, 6) is 1.13. The second-order valence-corrected chi connectivity index (χ2v) is 5.18. The maximum Gasteiger partial charge on any atom is 0.0946 e. The third kappa shape index (κ3) is 2.01. The van der Waals surface area contributed by atoms with Crippen LogP contribution in [0.5, 0.6) is 0 Å². The van der Waals surface area contributed by atoms with E-state index < -0.39 is 0 Å². The Bertz CT molecular complexity index is 437. The molecular formula is C10H12N2S2. The molecule has 2 aromatic rings. The normalized spacial score (nSPS) is 10.9. The summed E-state index contributed by atoms with van der Waals surface area (Å²) in [5, 5.41) is 1.21. The van der Waals surface area contributed by atoms with Gasteiger partial charge in [-0.3, -0.25) is 0 Å². The van der Waals surface area contributed by atoms with Gasteiger partial charge in [-0.05, 0) is 30.2 Å². The summed E-state index contributed by atoms with van der Waals surface area (Å²) in [7, 11) is 0. The minimum absolute atomic E-state index is 0.817. The molecule has 0 fully saturated rings. The molecule has 0 spiro atoms. The van der Waals surface area contributed by atoms with Gasteiger partial charge in [0.25, 0.3) is 0 Å². The van der Waals surface area contributed by atoms with Crippen LogP contribution in [0.1, 0.15) is 5.01 Å². The Morgan fingerprint density at radius 3 is 3.14 bits per heavy atom. The van der Waals surface area contributed by atoms with Crippen molar-refractivity contribution in [2.75, 3.05) is 17.7 Å². The molecule has 14 heavy (non-hydrogen) atoms. The fraction of sp³-hybridized carbons (Fsp3) is 0.300. The first-order valence-electron chi connectivity index (χ1n) is 4.43. The Morgan fingerprint density at radius 2 is 2.36 bits per heavy atom. The molecular weight excluding hydrogens is 212 g/mol. The summed E-state index contributed by atoms with van der Waals surface area (Å²) in [6.45, 7) is 0. The van der Waals surface area contributed by atoms with E-state index in [9.17, 15) is 0 Å². The molecule has 0 bridgehead atoms. The zero-order valence-corrected chi connectivity index (χ0v) is 9.62. The average Bonchev–Trinajstić information content (AvgIpc) is 2.56. The fourth-order valence-electron chi connectivity index (χ4n) is 1.29. The largest absolute Gasteiger partial charge is 0.399 e. The van der Waals surface area contributed by atoms with Crippen molar-refractivity contribution in [1.82, 2.24) is 4.98 Å². The summed E-state index contributed by atoms with van der Waals surface area (Å²) in [5.41, 5.74) is 7.59. The molecule has 0 saturated heterocycles. The first-order valence-corrected chi connectivity index (χ1v) is 6.64. The van der Waals surface area contributed by atoms with Gasteiger partial charge >= 0.3 is 0 Å². The van der Waals surface area contributed by atoms with Crippen molar-refractivity contribution in [2.24, 2.45) is 0 Å². The molecule has 0 aliphatic heterocycles. The van der Waals surface area contributed by atoms with E-state index in [1.54, 1.807) is 11.3 Å². The number of thiazole rings is 1. The second-order valence-electron chi connectivity index (χ2n) is 3.08. The van der Waals surface area contributed by atoms with Crippen LogP contribution in [-0.2, 0) is 6.42 Å². The summed E-state index contributed by atoms with van der Waals surface area (Å²) in [4.78, 5) is 4.54. The van der Waals surface area contributed by atoms with E-state index >= 15 is 0 Å². The number of fused-ring (bicyclic) bond motifs is 1. The topological polar surface area (TPSA) is 38.9 Å². The maximum atomic E-state index is 5.71. The molecule has 0 radical (unpaired) electrons. The van der Waals surface area contributed by atoms with Crippen molar-refractivity contribution in [2.45, 2.75) is 6.42 Å². The summed E-state index contributed by atoms with van der Waals surface area (Å²) >= 11 is 3.60. The van der Waals surface area contributed by atoms with Crippen molar-refractivity contribution >= 4 is 39.0 Å². The number of nitrogens with zero attached hydrogens (tertiary/aromatic N) is 1. The van der Waals surface area contributed by atoms with E-state index in [0.29, 0.717) is 0 Å². The van der Waals surface area contributed by atoms with Gasteiger partial charge in [0.2, 0.25) is 0 Å². The van der Waals surface area contributed by atoms with Crippen LogP contribution in [0.2, 0.25) is 0 Å². The lowest BCUT2D eigenvalue weighted by Crippen LogP contribution is -1.85. The Hall–Kier alpha value is -0.740. The van der Waals surface area contributed by atoms with Gasteiger partial charge in [0.1, 0.15) is 0 Å². The van der Waals surface area contributed by atoms with Gasteiger partial charge in [-0.25, -0.2) is 4.98 Å². The van der Waals surface area contributed by atoms with Crippen LogP contribution in [0.25, 0.3) is 10.2 Å². The molecule has 2 nitrogen and oxygen atoms in total. The minimum atomic E-state index is 0.817. The van der Waals surface area contributed by atoms with Gasteiger partial charge in [0, 0.05) is 12.1 Å². The van der Waals surface area contributed by atoms with E-state index in [1.807, 2.05) is 30.0 Å². The van der Waals surface area contributed by atoms with Crippen LogP contribution in [0.3, 0.4) is 0 Å². The molecule has 0 aliphatic carbocycles. The van der Waals surface area contributed by atoms with Gasteiger partial charge in [-0.15, -0.1) is 11.3 Å². The van der Waals surface area contributed by atoms with E-state index in [4.69, 9.17) is 5.73 Å².